The number of carbonyl (C=O) groups excluding carboxylic acids is 6. The van der Waals surface area contributed by atoms with Crippen LogP contribution in [0.1, 0.15) is 68.8 Å². The molecule has 25 heteroatoms. The number of alkyl halides is 1. The molecule has 1 aromatic heterocycles. The highest BCUT2D eigenvalue weighted by molar-refractivity contribution is 5.94. The third-order valence-corrected chi connectivity index (χ3v) is 10.2. The largest absolute Gasteiger partial charge is 0.481 e. The first-order valence-electron chi connectivity index (χ1n) is 20.2. The third kappa shape index (κ3) is 14.9. The Balaban J connectivity index is 1.56. The Morgan fingerprint density at radius 2 is 1.63 bits per heavy atom. The van der Waals surface area contributed by atoms with Crippen molar-refractivity contribution in [3.63, 3.8) is 0 Å². The molecule has 63 heavy (non-hydrogen) atoms. The number of rotatable bonds is 17. The van der Waals surface area contributed by atoms with Crippen LogP contribution in [0.5, 0.6) is 0 Å². The first-order chi connectivity index (χ1) is 29.9. The average Bonchev–Trinajstić information content (AvgIpc) is 3.73. The summed E-state index contributed by atoms with van der Waals surface area (Å²) < 4.78 is 20.1. The van der Waals surface area contributed by atoms with Gasteiger partial charge in [-0.15, -0.1) is 5.10 Å². The van der Waals surface area contributed by atoms with Crippen molar-refractivity contribution in [3.8, 4) is 0 Å². The molecule has 1 aromatic carbocycles. The summed E-state index contributed by atoms with van der Waals surface area (Å²) in [6.07, 6.45) is -8.85. The number of carboxylic acids is 1. The van der Waals surface area contributed by atoms with Crippen molar-refractivity contribution in [3.05, 3.63) is 47.8 Å². The number of aliphatic hydroxyl groups excluding tert-OH is 3. The second kappa shape index (κ2) is 23.8. The molecule has 346 valence electrons. The number of nitrogens with one attached hydrogen (secondary N) is 6. The van der Waals surface area contributed by atoms with E-state index in [1.54, 1.807) is 30.3 Å². The Labute approximate surface area is 360 Å². The Kier molecular flexibility index (Phi) is 18.6. The lowest BCUT2D eigenvalue weighted by Crippen LogP contribution is -2.63. The number of ether oxygens (including phenoxy) is 1. The van der Waals surface area contributed by atoms with E-state index in [2.05, 4.69) is 47.2 Å². The van der Waals surface area contributed by atoms with Crippen LogP contribution in [0, 0.1) is 0 Å². The summed E-state index contributed by atoms with van der Waals surface area (Å²) in [6, 6.07) is 4.03. The number of nitrogens with zero attached hydrogens (tertiary/aromatic N) is 4. The molecule has 2 aliphatic heterocycles. The molecule has 0 radical (unpaired) electrons. The molecule has 2 bridgehead atoms. The molecule has 24 nitrogen and oxygen atoms in total. The first kappa shape index (κ1) is 49.3. The van der Waals surface area contributed by atoms with E-state index in [0.717, 1.165) is 12.5 Å². The van der Waals surface area contributed by atoms with Crippen LogP contribution in [0.2, 0.25) is 0 Å². The number of hydrogen-bond donors (Lipinski definition) is 12. The topological polar surface area (TPSA) is 377 Å². The molecule has 0 aliphatic carbocycles. The Hall–Kier alpha value is -6.31. The van der Waals surface area contributed by atoms with E-state index < -0.39 is 122 Å². The standard InChI is InChI=1S/C38H55FN12O12/c1-19(39)33(58)44-16-26-29(55)30(56)31(57)32(63-26)37(62)42-12-6-5-11-25-36(61)47-21(10-7-13-43-38(40)41)34(59)45-17-27(52)46-23(15-28(53)54)35(60)48-22(24-18-51(25)50-49-24)14-20-8-3-2-4-9-20/h2-4,8-9,18-19,21-23,25-26,29-32,55-57H,5-7,10-17H2,1H3,(H,42,62)(H,44,58)(H,45,59)(H,46,52)(H,47,61)(H,48,60)(H,53,54)(H4,40,41,43)/t19-,21-,22-,23-,25-,26+,29+,30?,31-,32?/m0/s1. The maximum Gasteiger partial charge on any atom is 0.305 e. The number of fused-ring (bicyclic) bond motifs is 2. The van der Waals surface area contributed by atoms with Crippen LogP contribution in [-0.2, 0) is 44.7 Å². The summed E-state index contributed by atoms with van der Waals surface area (Å²) in [5.74, 6) is -6.68. The van der Waals surface area contributed by atoms with Gasteiger partial charge in [0.1, 0.15) is 48.2 Å². The number of nitrogens with two attached hydrogens (primary N) is 2. The number of aliphatic carboxylic acids is 1. The van der Waals surface area contributed by atoms with E-state index in [4.69, 9.17) is 16.2 Å². The number of carbonyl (C=O) groups is 7. The quantitative estimate of drug-likeness (QED) is 0.0404. The molecule has 3 heterocycles. The highest BCUT2D eigenvalue weighted by atomic mass is 19.1. The molecule has 0 saturated carbocycles. The van der Waals surface area contributed by atoms with E-state index in [0.29, 0.717) is 0 Å². The number of aliphatic imine (C=N–C) groups is 1. The van der Waals surface area contributed by atoms with Gasteiger partial charge in [-0.3, -0.25) is 38.6 Å². The lowest BCUT2D eigenvalue weighted by Gasteiger charge is -2.40. The maximum absolute atomic E-state index is 14.1. The number of aromatic nitrogens is 3. The van der Waals surface area contributed by atoms with Crippen LogP contribution >= 0.6 is 0 Å². The molecule has 4 rings (SSSR count). The van der Waals surface area contributed by atoms with Crippen LogP contribution in [0.15, 0.2) is 41.5 Å². The van der Waals surface area contributed by atoms with Gasteiger partial charge in [0.25, 0.3) is 11.8 Å². The number of hydrogen-bond acceptors (Lipinski definition) is 14. The van der Waals surface area contributed by atoms with Gasteiger partial charge in [-0.05, 0) is 51.0 Å². The van der Waals surface area contributed by atoms with Gasteiger partial charge in [0.2, 0.25) is 23.6 Å². The van der Waals surface area contributed by atoms with Crippen molar-refractivity contribution in [2.24, 2.45) is 16.5 Å². The summed E-state index contributed by atoms with van der Waals surface area (Å²) in [4.78, 5) is 94.6. The molecule has 14 N–H and O–H groups in total. The monoisotopic (exact) mass is 890 g/mol. The highest BCUT2D eigenvalue weighted by Gasteiger charge is 2.46. The van der Waals surface area contributed by atoms with Crippen LogP contribution in [0.3, 0.4) is 0 Å². The minimum atomic E-state index is -1.88. The predicted octanol–water partition coefficient (Wildman–Crippen LogP) is -4.54. The number of unbranched alkanes of at least 4 members (excludes halogenated alkanes) is 1. The minimum Gasteiger partial charge on any atom is -0.481 e. The molecule has 1 saturated heterocycles. The molecule has 0 spiro atoms. The summed E-state index contributed by atoms with van der Waals surface area (Å²) in [7, 11) is 0. The predicted molar refractivity (Wildman–Crippen MR) is 216 cm³/mol. The second-order valence-corrected chi connectivity index (χ2v) is 15.1. The van der Waals surface area contributed by atoms with Gasteiger partial charge >= 0.3 is 5.97 Å². The Morgan fingerprint density at radius 3 is 2.32 bits per heavy atom. The Morgan fingerprint density at radius 1 is 0.921 bits per heavy atom. The van der Waals surface area contributed by atoms with Crippen LogP contribution in [-0.4, -0.2) is 158 Å². The summed E-state index contributed by atoms with van der Waals surface area (Å²) in [6.45, 7) is -0.0934. The normalized spacial score (nSPS) is 26.2. The van der Waals surface area contributed by atoms with E-state index >= 15 is 0 Å². The smallest absolute Gasteiger partial charge is 0.305 e. The zero-order valence-corrected chi connectivity index (χ0v) is 34.4. The van der Waals surface area contributed by atoms with Crippen molar-refractivity contribution in [2.45, 2.75) is 113 Å². The third-order valence-electron chi connectivity index (χ3n) is 10.2. The van der Waals surface area contributed by atoms with Gasteiger partial charge in [0.15, 0.2) is 18.2 Å². The summed E-state index contributed by atoms with van der Waals surface area (Å²) in [5.41, 5.74) is 11.8. The SMILES string of the molecule is C[C@H](F)C(=O)NC[C@H]1OC(C(=O)NCCCC[C@H]2C(=O)N[C@@H](CCCN=C(N)N)C(=O)NCC(=O)N[C@@H](CC(=O)O)C(=O)N[C@@H](Cc3ccccc3)c3cn2nn3)[C@@H](O)C(O)[C@@H]1O. The summed E-state index contributed by atoms with van der Waals surface area (Å²) in [5, 5.41) is 64.2. The molecule has 2 aromatic rings. The van der Waals surface area contributed by atoms with Crippen molar-refractivity contribution < 1.29 is 63.1 Å². The van der Waals surface area contributed by atoms with Crippen molar-refractivity contribution in [1.29, 1.82) is 0 Å². The number of benzene rings is 1. The summed E-state index contributed by atoms with van der Waals surface area (Å²) >= 11 is 0. The van der Waals surface area contributed by atoms with Crippen molar-refractivity contribution >= 4 is 47.4 Å². The van der Waals surface area contributed by atoms with E-state index in [1.165, 1.54) is 10.9 Å². The maximum atomic E-state index is 14.1. The van der Waals surface area contributed by atoms with Crippen LogP contribution < -0.4 is 43.4 Å². The van der Waals surface area contributed by atoms with E-state index in [-0.39, 0.29) is 63.3 Å². The van der Waals surface area contributed by atoms with E-state index in [9.17, 15) is 58.4 Å². The average molecular weight is 891 g/mol. The molecular weight excluding hydrogens is 835 g/mol. The number of amides is 6. The highest BCUT2D eigenvalue weighted by Crippen LogP contribution is 2.23. The molecular formula is C38H55FN12O12. The van der Waals surface area contributed by atoms with Crippen LogP contribution in [0.25, 0.3) is 0 Å². The van der Waals surface area contributed by atoms with Gasteiger partial charge in [-0.1, -0.05) is 35.5 Å². The number of aliphatic hydroxyl groups is 3. The molecule has 2 unspecified atom stereocenters. The molecule has 10 atom stereocenters. The lowest BCUT2D eigenvalue weighted by atomic mass is 9.94. The molecule has 2 aliphatic rings. The van der Waals surface area contributed by atoms with Crippen molar-refractivity contribution in [1.82, 2.24) is 46.9 Å². The molecule has 1 fully saturated rings. The fourth-order valence-electron chi connectivity index (χ4n) is 6.75. The number of halogens is 1. The zero-order valence-electron chi connectivity index (χ0n) is 34.4. The lowest BCUT2D eigenvalue weighted by molar-refractivity contribution is -0.219. The van der Waals surface area contributed by atoms with Crippen LogP contribution in [0.4, 0.5) is 4.39 Å². The minimum absolute atomic E-state index is 0.00351. The number of carboxylic acid groups (broad SMARTS) is 1. The van der Waals surface area contributed by atoms with Gasteiger partial charge < -0.3 is 68.5 Å². The van der Waals surface area contributed by atoms with Gasteiger partial charge in [-0.25, -0.2) is 9.07 Å². The first-order valence-corrected chi connectivity index (χ1v) is 20.2. The van der Waals surface area contributed by atoms with Gasteiger partial charge in [0.05, 0.1) is 25.2 Å². The Bertz CT molecular complexity index is 1930. The fourth-order valence-corrected chi connectivity index (χ4v) is 6.75. The van der Waals surface area contributed by atoms with E-state index in [1.807, 2.05) is 0 Å². The zero-order chi connectivity index (χ0) is 46.2. The van der Waals surface area contributed by atoms with Gasteiger partial charge in [-0.2, -0.15) is 0 Å². The second-order valence-electron chi connectivity index (χ2n) is 15.1. The number of guanidine groups is 1. The van der Waals surface area contributed by atoms with Gasteiger partial charge in [0, 0.05) is 19.6 Å². The van der Waals surface area contributed by atoms with Crippen molar-refractivity contribution in [2.75, 3.05) is 26.2 Å². The fraction of sp³-hybridized carbons (Fsp3) is 0.579. The molecule has 6 amide bonds.